The van der Waals surface area contributed by atoms with Gasteiger partial charge in [0.05, 0.1) is 7.11 Å². The molecule has 0 saturated carbocycles. The van der Waals surface area contributed by atoms with Gasteiger partial charge in [0.25, 0.3) is 11.5 Å². The van der Waals surface area contributed by atoms with Gasteiger partial charge in [0, 0.05) is 0 Å². The van der Waals surface area contributed by atoms with Crippen LogP contribution in [0.2, 0.25) is 0 Å². The summed E-state index contributed by atoms with van der Waals surface area (Å²) in [7, 11) is 1.12. The maximum Gasteiger partial charge on any atom is 0.362 e. The molecular formula is C10H9ClF2N2O4. The number of hydrogen-bond donors (Lipinski definition) is 2. The highest BCUT2D eigenvalue weighted by Gasteiger charge is 2.29. The van der Waals surface area contributed by atoms with E-state index in [4.69, 9.17) is 11.6 Å². The standard InChI is InChI=1S/C10H9ClF2N2O4/c1-19-7(16)4-14-8(17)5-2-3-6(10(11,12)13)15-9(5)18/h2-3H,4H2,1H3,(H,14,17)(H,15,18). The monoisotopic (exact) mass is 294 g/mol. The SMILES string of the molecule is COC(=O)CNC(=O)c1ccc(C(F)(F)Cl)[nH]c1=O. The van der Waals surface area contributed by atoms with E-state index < -0.39 is 40.6 Å². The van der Waals surface area contributed by atoms with Gasteiger partial charge in [-0.3, -0.25) is 14.4 Å². The largest absolute Gasteiger partial charge is 0.468 e. The van der Waals surface area contributed by atoms with Crippen LogP contribution in [-0.2, 0) is 14.9 Å². The number of hydrogen-bond acceptors (Lipinski definition) is 4. The molecule has 0 aliphatic rings. The first-order valence-corrected chi connectivity index (χ1v) is 5.29. The van der Waals surface area contributed by atoms with Crippen LogP contribution in [0, 0.1) is 0 Å². The summed E-state index contributed by atoms with van der Waals surface area (Å²) >= 11 is 4.72. The molecule has 1 rings (SSSR count). The normalized spacial score (nSPS) is 10.9. The first kappa shape index (κ1) is 15.1. The van der Waals surface area contributed by atoms with Gasteiger partial charge in [-0.1, -0.05) is 0 Å². The second kappa shape index (κ2) is 5.79. The molecule has 2 N–H and O–H groups in total. The first-order chi connectivity index (χ1) is 8.75. The molecule has 0 aromatic carbocycles. The van der Waals surface area contributed by atoms with Gasteiger partial charge in [0.2, 0.25) is 0 Å². The third-order valence-electron chi connectivity index (χ3n) is 2.08. The predicted molar refractivity (Wildman–Crippen MR) is 61.2 cm³/mol. The minimum atomic E-state index is -3.74. The number of aromatic nitrogens is 1. The molecule has 1 aromatic heterocycles. The van der Waals surface area contributed by atoms with E-state index in [1.807, 2.05) is 0 Å². The van der Waals surface area contributed by atoms with Crippen molar-refractivity contribution in [3.05, 3.63) is 33.7 Å². The average molecular weight is 295 g/mol. The zero-order valence-corrected chi connectivity index (χ0v) is 10.4. The Hall–Kier alpha value is -1.96. The van der Waals surface area contributed by atoms with Crippen molar-refractivity contribution in [1.82, 2.24) is 10.3 Å². The molecule has 19 heavy (non-hydrogen) atoms. The fraction of sp³-hybridized carbons (Fsp3) is 0.300. The number of ether oxygens (including phenoxy) is 1. The second-order valence-corrected chi connectivity index (χ2v) is 3.85. The zero-order chi connectivity index (χ0) is 14.6. The Bertz CT molecular complexity index is 553. The van der Waals surface area contributed by atoms with Crippen LogP contribution in [0.1, 0.15) is 16.1 Å². The summed E-state index contributed by atoms with van der Waals surface area (Å²) in [4.78, 5) is 35.5. The third-order valence-corrected chi connectivity index (χ3v) is 2.28. The molecule has 104 valence electrons. The van der Waals surface area contributed by atoms with Crippen LogP contribution in [-0.4, -0.2) is 30.5 Å². The highest BCUT2D eigenvalue weighted by Crippen LogP contribution is 2.29. The molecule has 0 bridgehead atoms. The minimum Gasteiger partial charge on any atom is -0.468 e. The fourth-order valence-electron chi connectivity index (χ4n) is 1.14. The number of rotatable bonds is 4. The molecule has 0 spiro atoms. The Balaban J connectivity index is 2.88. The van der Waals surface area contributed by atoms with Gasteiger partial charge in [-0.15, -0.1) is 0 Å². The lowest BCUT2D eigenvalue weighted by Gasteiger charge is -2.08. The fourth-order valence-corrected chi connectivity index (χ4v) is 1.25. The molecule has 0 fully saturated rings. The molecule has 0 aliphatic carbocycles. The summed E-state index contributed by atoms with van der Waals surface area (Å²) in [5, 5.41) is -1.64. The van der Waals surface area contributed by atoms with Gasteiger partial charge in [-0.05, 0) is 23.7 Å². The van der Waals surface area contributed by atoms with Crippen molar-refractivity contribution in [3.63, 3.8) is 0 Å². The molecule has 1 aromatic rings. The lowest BCUT2D eigenvalue weighted by Crippen LogP contribution is -2.34. The van der Waals surface area contributed by atoms with Gasteiger partial charge in [0.15, 0.2) is 0 Å². The van der Waals surface area contributed by atoms with Crippen molar-refractivity contribution in [1.29, 1.82) is 0 Å². The van der Waals surface area contributed by atoms with Gasteiger partial charge >= 0.3 is 11.4 Å². The van der Waals surface area contributed by atoms with E-state index in [2.05, 4.69) is 10.1 Å². The lowest BCUT2D eigenvalue weighted by atomic mass is 10.2. The maximum absolute atomic E-state index is 12.7. The predicted octanol–water partition coefficient (Wildman–Crippen LogP) is 0.566. The van der Waals surface area contributed by atoms with Crippen molar-refractivity contribution >= 4 is 23.5 Å². The molecule has 0 aliphatic heterocycles. The van der Waals surface area contributed by atoms with Crippen molar-refractivity contribution in [2.24, 2.45) is 0 Å². The van der Waals surface area contributed by atoms with Crippen LogP contribution >= 0.6 is 11.6 Å². The van der Waals surface area contributed by atoms with Crippen molar-refractivity contribution in [2.45, 2.75) is 5.38 Å². The summed E-state index contributed by atoms with van der Waals surface area (Å²) in [5.41, 5.74) is -2.29. The molecule has 1 amide bonds. The number of amides is 1. The number of carbonyl (C=O) groups is 2. The van der Waals surface area contributed by atoms with Gasteiger partial charge in [0.1, 0.15) is 17.8 Å². The number of aromatic amines is 1. The summed E-state index contributed by atoms with van der Waals surface area (Å²) in [6, 6.07) is 1.69. The number of esters is 1. The lowest BCUT2D eigenvalue weighted by molar-refractivity contribution is -0.139. The van der Waals surface area contributed by atoms with E-state index in [-0.39, 0.29) is 0 Å². The number of H-pyrrole nitrogens is 1. The summed E-state index contributed by atoms with van der Waals surface area (Å²) in [6.07, 6.45) is 0. The zero-order valence-electron chi connectivity index (χ0n) is 9.63. The molecule has 9 heteroatoms. The Labute approximate surface area is 110 Å². The van der Waals surface area contributed by atoms with Gasteiger partial charge < -0.3 is 15.0 Å². The van der Waals surface area contributed by atoms with Crippen molar-refractivity contribution < 1.29 is 23.1 Å². The molecule has 0 radical (unpaired) electrons. The molecule has 1 heterocycles. The van der Waals surface area contributed by atoms with Crippen molar-refractivity contribution in [2.75, 3.05) is 13.7 Å². The molecular weight excluding hydrogens is 286 g/mol. The second-order valence-electron chi connectivity index (χ2n) is 3.37. The van der Waals surface area contributed by atoms with Crippen LogP contribution in [0.15, 0.2) is 16.9 Å². The van der Waals surface area contributed by atoms with Crippen LogP contribution in [0.4, 0.5) is 8.78 Å². The van der Waals surface area contributed by atoms with Gasteiger partial charge in [-0.25, -0.2) is 0 Å². The smallest absolute Gasteiger partial charge is 0.362 e. The first-order valence-electron chi connectivity index (χ1n) is 4.91. The number of halogens is 3. The van der Waals surface area contributed by atoms with Crippen LogP contribution in [0.25, 0.3) is 0 Å². The highest BCUT2D eigenvalue weighted by atomic mass is 35.5. The number of pyridine rings is 1. The Morgan fingerprint density at radius 2 is 2.11 bits per heavy atom. The molecule has 0 atom stereocenters. The molecule has 0 unspecified atom stereocenters. The Kier molecular flexibility index (Phi) is 4.60. The maximum atomic E-state index is 12.7. The number of carbonyl (C=O) groups excluding carboxylic acids is 2. The summed E-state index contributed by atoms with van der Waals surface area (Å²) in [5.74, 6) is -1.61. The Morgan fingerprint density at radius 1 is 1.47 bits per heavy atom. The highest BCUT2D eigenvalue weighted by molar-refractivity contribution is 6.21. The molecule has 0 saturated heterocycles. The van der Waals surface area contributed by atoms with Gasteiger partial charge in [-0.2, -0.15) is 8.78 Å². The number of methoxy groups -OCH3 is 1. The minimum absolute atomic E-state index is 0.423. The van der Waals surface area contributed by atoms with Crippen LogP contribution in [0.5, 0.6) is 0 Å². The topological polar surface area (TPSA) is 88.3 Å². The van der Waals surface area contributed by atoms with E-state index in [0.717, 1.165) is 19.2 Å². The van der Waals surface area contributed by atoms with Crippen molar-refractivity contribution in [3.8, 4) is 0 Å². The van der Waals surface area contributed by atoms with E-state index in [1.54, 1.807) is 4.98 Å². The van der Waals surface area contributed by atoms with E-state index in [0.29, 0.717) is 0 Å². The van der Waals surface area contributed by atoms with Crippen LogP contribution < -0.4 is 10.9 Å². The van der Waals surface area contributed by atoms with E-state index >= 15 is 0 Å². The average Bonchev–Trinajstić information content (AvgIpc) is 2.34. The summed E-state index contributed by atoms with van der Waals surface area (Å²) in [6.45, 7) is -0.442. The number of nitrogens with one attached hydrogen (secondary N) is 2. The number of alkyl halides is 3. The van der Waals surface area contributed by atoms with Crippen LogP contribution in [0.3, 0.4) is 0 Å². The molecule has 6 nitrogen and oxygen atoms in total. The Morgan fingerprint density at radius 3 is 2.58 bits per heavy atom. The quantitative estimate of drug-likeness (QED) is 0.627. The summed E-state index contributed by atoms with van der Waals surface area (Å²) < 4.78 is 29.7. The third kappa shape index (κ3) is 4.02. The van der Waals surface area contributed by atoms with E-state index in [9.17, 15) is 23.2 Å². The van der Waals surface area contributed by atoms with E-state index in [1.165, 1.54) is 0 Å².